The van der Waals surface area contributed by atoms with Crippen molar-refractivity contribution < 1.29 is 19.0 Å². The van der Waals surface area contributed by atoms with Crippen LogP contribution in [0.15, 0.2) is 42.7 Å². The Labute approximate surface area is 218 Å². The Kier molecular flexibility index (Phi) is 8.24. The van der Waals surface area contributed by atoms with Crippen LogP contribution in [0.25, 0.3) is 0 Å². The number of benzene rings is 1. The highest BCUT2D eigenvalue weighted by Gasteiger charge is 2.40. The van der Waals surface area contributed by atoms with E-state index in [1.54, 1.807) is 10.9 Å². The van der Waals surface area contributed by atoms with Crippen molar-refractivity contribution in [3.8, 4) is 5.75 Å². The Hall–Kier alpha value is -3.30. The number of aryl methyl sites for hydroxylation is 2. The van der Waals surface area contributed by atoms with Crippen molar-refractivity contribution in [1.82, 2.24) is 24.9 Å². The van der Waals surface area contributed by atoms with E-state index in [0.29, 0.717) is 12.2 Å². The third-order valence-corrected chi connectivity index (χ3v) is 6.92. The zero-order valence-corrected chi connectivity index (χ0v) is 22.6. The molecule has 0 fully saturated rings. The van der Waals surface area contributed by atoms with Crippen LogP contribution in [0.5, 0.6) is 5.75 Å². The quantitative estimate of drug-likeness (QED) is 0.399. The fourth-order valence-electron chi connectivity index (χ4n) is 4.75. The molecule has 4 rings (SSSR count). The van der Waals surface area contributed by atoms with Crippen molar-refractivity contribution in [3.63, 3.8) is 0 Å². The molecule has 0 bridgehead atoms. The fraction of sp³-hybridized carbons (Fsp3) is 0.500. The first-order chi connectivity index (χ1) is 17.7. The summed E-state index contributed by atoms with van der Waals surface area (Å²) in [7, 11) is 3.21. The van der Waals surface area contributed by atoms with Gasteiger partial charge in [-0.2, -0.15) is 0 Å². The molecule has 198 valence electrons. The number of fused-ring (bicyclic) bond motifs is 1. The van der Waals surface area contributed by atoms with E-state index in [0.717, 1.165) is 36.5 Å². The zero-order valence-electron chi connectivity index (χ0n) is 22.6. The van der Waals surface area contributed by atoms with Crippen molar-refractivity contribution >= 4 is 5.97 Å². The number of hydrogen-bond acceptors (Lipinski definition) is 8. The van der Waals surface area contributed by atoms with Crippen molar-refractivity contribution in [2.75, 3.05) is 13.7 Å². The molecule has 1 aliphatic heterocycles. The molecule has 9 heteroatoms. The largest absolute Gasteiger partial charge is 0.487 e. The second kappa shape index (κ2) is 11.4. The van der Waals surface area contributed by atoms with Gasteiger partial charge in [-0.3, -0.25) is 19.4 Å². The minimum Gasteiger partial charge on any atom is -0.487 e. The van der Waals surface area contributed by atoms with Gasteiger partial charge in [0.15, 0.2) is 0 Å². The van der Waals surface area contributed by atoms with Gasteiger partial charge in [-0.05, 0) is 56.0 Å². The first-order valence-corrected chi connectivity index (χ1v) is 12.7. The van der Waals surface area contributed by atoms with Gasteiger partial charge in [0.1, 0.15) is 17.5 Å². The molecule has 0 amide bonds. The van der Waals surface area contributed by atoms with E-state index in [4.69, 9.17) is 14.2 Å². The van der Waals surface area contributed by atoms with Gasteiger partial charge in [0.2, 0.25) is 0 Å². The molecule has 0 aliphatic carbocycles. The molecule has 9 nitrogen and oxygen atoms in total. The van der Waals surface area contributed by atoms with Crippen LogP contribution in [-0.2, 0) is 41.0 Å². The molecule has 37 heavy (non-hydrogen) atoms. The summed E-state index contributed by atoms with van der Waals surface area (Å²) in [5, 5.41) is 8.11. The summed E-state index contributed by atoms with van der Waals surface area (Å²) in [5.74, 6) is 0.525. The molecule has 2 atom stereocenters. The summed E-state index contributed by atoms with van der Waals surface area (Å²) in [6.07, 6.45) is 4.08. The van der Waals surface area contributed by atoms with Crippen LogP contribution in [0, 0.1) is 12.3 Å². The van der Waals surface area contributed by atoms with Gasteiger partial charge < -0.3 is 14.2 Å². The van der Waals surface area contributed by atoms with Gasteiger partial charge in [0.25, 0.3) is 0 Å². The lowest BCUT2D eigenvalue weighted by atomic mass is 9.81. The van der Waals surface area contributed by atoms with E-state index in [1.807, 2.05) is 45.3 Å². The summed E-state index contributed by atoms with van der Waals surface area (Å²) in [6, 6.07) is 10.2. The van der Waals surface area contributed by atoms with Crippen LogP contribution < -0.4 is 4.74 Å². The first-order valence-electron chi connectivity index (χ1n) is 12.7. The number of carbonyl (C=O) groups is 1. The second-order valence-corrected chi connectivity index (χ2v) is 10.2. The molecule has 1 aromatic carbocycles. The average molecular weight is 508 g/mol. The van der Waals surface area contributed by atoms with E-state index in [2.05, 4.69) is 46.2 Å². The number of rotatable bonds is 9. The topological polar surface area (TPSA) is 91.6 Å². The lowest BCUT2D eigenvalue weighted by Crippen LogP contribution is -2.34. The van der Waals surface area contributed by atoms with Crippen LogP contribution in [0.3, 0.4) is 0 Å². The molecule has 0 saturated heterocycles. The van der Waals surface area contributed by atoms with E-state index >= 15 is 0 Å². The Morgan fingerprint density at radius 1 is 1.30 bits per heavy atom. The first kappa shape index (κ1) is 26.8. The molecular formula is C28H37N5O4. The zero-order chi connectivity index (χ0) is 26.6. The summed E-state index contributed by atoms with van der Waals surface area (Å²) < 4.78 is 19.3. The van der Waals surface area contributed by atoms with Crippen LogP contribution >= 0.6 is 0 Å². The maximum atomic E-state index is 12.8. The Morgan fingerprint density at radius 3 is 2.81 bits per heavy atom. The maximum Gasteiger partial charge on any atom is 0.314 e. The van der Waals surface area contributed by atoms with Crippen molar-refractivity contribution in [1.29, 1.82) is 0 Å². The number of hydrogen-bond donors (Lipinski definition) is 0. The number of nitrogens with zero attached hydrogens (tertiary/aromatic N) is 5. The van der Waals surface area contributed by atoms with Crippen LogP contribution in [0.1, 0.15) is 61.4 Å². The van der Waals surface area contributed by atoms with Crippen LogP contribution in [-0.4, -0.2) is 50.6 Å². The summed E-state index contributed by atoms with van der Waals surface area (Å²) in [5.41, 5.74) is 3.98. The molecule has 1 aliphatic rings. The van der Waals surface area contributed by atoms with Gasteiger partial charge in [0.05, 0.1) is 37.1 Å². The monoisotopic (exact) mass is 507 g/mol. The van der Waals surface area contributed by atoms with Crippen LogP contribution in [0.2, 0.25) is 0 Å². The Bertz CT molecular complexity index is 1220. The molecular weight excluding hydrogens is 470 g/mol. The SMILES string of the molecule is CCC1CN(Cc2cc(C(OCc3cn(C)nn3)C(C)(C)C(=O)OC)ccc2C)Cc2ncccc2O1. The lowest BCUT2D eigenvalue weighted by molar-refractivity contribution is -0.162. The smallest absolute Gasteiger partial charge is 0.314 e. The van der Waals surface area contributed by atoms with E-state index in [1.165, 1.54) is 18.2 Å². The lowest BCUT2D eigenvalue weighted by Gasteiger charge is -2.32. The number of ether oxygens (including phenoxy) is 3. The number of methoxy groups -OCH3 is 1. The van der Waals surface area contributed by atoms with Gasteiger partial charge >= 0.3 is 5.97 Å². The van der Waals surface area contributed by atoms with Gasteiger partial charge in [-0.15, -0.1) is 5.10 Å². The maximum absolute atomic E-state index is 12.8. The molecule has 0 spiro atoms. The minimum atomic E-state index is -0.921. The van der Waals surface area contributed by atoms with E-state index in [9.17, 15) is 4.79 Å². The van der Waals surface area contributed by atoms with Crippen LogP contribution in [0.4, 0.5) is 0 Å². The Balaban J connectivity index is 1.62. The van der Waals surface area contributed by atoms with E-state index < -0.39 is 11.5 Å². The molecule has 2 unspecified atom stereocenters. The Morgan fingerprint density at radius 2 is 2.11 bits per heavy atom. The van der Waals surface area contributed by atoms with Gasteiger partial charge in [-0.1, -0.05) is 30.3 Å². The minimum absolute atomic E-state index is 0.0928. The molecule has 3 heterocycles. The predicted octanol–water partition coefficient (Wildman–Crippen LogP) is 4.15. The molecule has 0 N–H and O–H groups in total. The van der Waals surface area contributed by atoms with Gasteiger partial charge in [0, 0.05) is 32.9 Å². The van der Waals surface area contributed by atoms with Crippen molar-refractivity contribution in [3.05, 3.63) is 70.8 Å². The highest BCUT2D eigenvalue weighted by atomic mass is 16.5. The highest BCUT2D eigenvalue weighted by molar-refractivity contribution is 5.77. The fourth-order valence-corrected chi connectivity index (χ4v) is 4.75. The average Bonchev–Trinajstić information content (AvgIpc) is 3.21. The number of carbonyl (C=O) groups excluding carboxylic acids is 1. The normalized spacial score (nSPS) is 17.0. The van der Waals surface area contributed by atoms with Crippen molar-refractivity contribution in [2.45, 2.75) is 66.0 Å². The third kappa shape index (κ3) is 6.17. The van der Waals surface area contributed by atoms with Crippen molar-refractivity contribution in [2.24, 2.45) is 12.5 Å². The summed E-state index contributed by atoms with van der Waals surface area (Å²) in [6.45, 7) is 10.4. The molecule has 2 aromatic heterocycles. The van der Waals surface area contributed by atoms with Gasteiger partial charge in [-0.25, -0.2) is 0 Å². The second-order valence-electron chi connectivity index (χ2n) is 10.2. The molecule has 0 radical (unpaired) electrons. The standard InChI is InChI=1S/C28H37N5O4/c1-7-23-16-33(17-24-25(37-23)9-8-12-29-24)14-21-13-20(11-10-19(21)2)26(28(3,4)27(34)35-6)36-18-22-15-32(5)31-30-22/h8-13,15,23,26H,7,14,16-18H2,1-6H3. The number of esters is 1. The molecule has 0 saturated carbocycles. The highest BCUT2D eigenvalue weighted by Crippen LogP contribution is 2.39. The molecule has 3 aromatic rings. The number of aromatic nitrogens is 4. The summed E-state index contributed by atoms with van der Waals surface area (Å²) >= 11 is 0. The summed E-state index contributed by atoms with van der Waals surface area (Å²) in [4.78, 5) is 19.7. The number of pyridine rings is 1. The third-order valence-electron chi connectivity index (χ3n) is 6.92. The van der Waals surface area contributed by atoms with E-state index in [-0.39, 0.29) is 18.7 Å². The predicted molar refractivity (Wildman–Crippen MR) is 139 cm³/mol.